The Morgan fingerprint density at radius 3 is 1.49 bits per heavy atom. The van der Waals surface area contributed by atoms with Crippen LogP contribution in [0.3, 0.4) is 0 Å². The predicted octanol–water partition coefficient (Wildman–Crippen LogP) is 9.33. The van der Waals surface area contributed by atoms with Gasteiger partial charge in [0.1, 0.15) is 31.0 Å². The van der Waals surface area contributed by atoms with Crippen LogP contribution in [0.25, 0.3) is 0 Å². The largest absolute Gasteiger partial charge is 0.462 e. The molecular weight excluding hydrogens is 749 g/mol. The van der Waals surface area contributed by atoms with Crippen molar-refractivity contribution in [3.05, 3.63) is 109 Å². The summed E-state index contributed by atoms with van der Waals surface area (Å²) in [7, 11) is 0. The van der Waals surface area contributed by atoms with Crippen LogP contribution in [0.15, 0.2) is 109 Å². The van der Waals surface area contributed by atoms with Crippen LogP contribution in [0.4, 0.5) is 0 Å². The summed E-state index contributed by atoms with van der Waals surface area (Å²) in [6, 6.07) is 0. The molecule has 0 amide bonds. The lowest BCUT2D eigenvalue weighted by atomic mass is 9.99. The summed E-state index contributed by atoms with van der Waals surface area (Å²) >= 11 is 0. The van der Waals surface area contributed by atoms with Crippen LogP contribution < -0.4 is 0 Å². The molecule has 0 aliphatic carbocycles. The molecule has 332 valence electrons. The topological polar surface area (TPSA) is 152 Å². The number of carbonyl (C=O) groups excluding carboxylic acids is 2. The van der Waals surface area contributed by atoms with E-state index >= 15 is 0 Å². The Bertz CT molecular complexity index is 1320. The molecule has 0 aromatic heterocycles. The Balaban J connectivity index is 2.42. The van der Waals surface area contributed by atoms with E-state index < -0.39 is 55.4 Å². The zero-order valence-corrected chi connectivity index (χ0v) is 35.9. The number of esters is 2. The molecule has 1 aliphatic heterocycles. The fourth-order valence-electron chi connectivity index (χ4n) is 5.76. The average Bonchev–Trinajstić information content (AvgIpc) is 3.23. The molecular formula is C49H76O10. The van der Waals surface area contributed by atoms with Crippen LogP contribution in [0, 0.1) is 0 Å². The quantitative estimate of drug-likeness (QED) is 0.0281. The zero-order valence-electron chi connectivity index (χ0n) is 35.9. The van der Waals surface area contributed by atoms with E-state index in [1.54, 1.807) is 0 Å². The number of rotatable bonds is 34. The molecule has 1 aliphatic rings. The number of allylic oxidation sites excluding steroid dienone is 18. The minimum absolute atomic E-state index is 0.139. The molecule has 10 heteroatoms. The van der Waals surface area contributed by atoms with Gasteiger partial charge in [0.15, 0.2) is 12.4 Å². The van der Waals surface area contributed by atoms with Crippen LogP contribution >= 0.6 is 0 Å². The number of hydrogen-bond donors (Lipinski definition) is 4. The van der Waals surface area contributed by atoms with Crippen molar-refractivity contribution in [1.82, 2.24) is 0 Å². The summed E-state index contributed by atoms with van der Waals surface area (Å²) in [4.78, 5) is 25.3. The lowest BCUT2D eigenvalue weighted by Crippen LogP contribution is -2.59. The second kappa shape index (κ2) is 38.6. The van der Waals surface area contributed by atoms with E-state index in [0.29, 0.717) is 12.8 Å². The van der Waals surface area contributed by atoms with E-state index in [9.17, 15) is 30.0 Å². The maximum Gasteiger partial charge on any atom is 0.306 e. The molecule has 0 saturated carbocycles. The summed E-state index contributed by atoms with van der Waals surface area (Å²) < 4.78 is 22.0. The molecule has 59 heavy (non-hydrogen) atoms. The van der Waals surface area contributed by atoms with Gasteiger partial charge in [-0.2, -0.15) is 0 Å². The predicted molar refractivity (Wildman–Crippen MR) is 237 cm³/mol. The Labute approximate surface area is 355 Å². The Morgan fingerprint density at radius 2 is 0.983 bits per heavy atom. The van der Waals surface area contributed by atoms with Crippen molar-refractivity contribution in [2.24, 2.45) is 0 Å². The number of unbranched alkanes of at least 4 members (excludes halogenated alkanes) is 5. The minimum Gasteiger partial charge on any atom is -0.462 e. The summed E-state index contributed by atoms with van der Waals surface area (Å²) in [6.45, 7) is 3.07. The van der Waals surface area contributed by atoms with Gasteiger partial charge in [0.05, 0.1) is 13.2 Å². The van der Waals surface area contributed by atoms with Gasteiger partial charge in [-0.3, -0.25) is 9.59 Å². The van der Waals surface area contributed by atoms with Crippen LogP contribution in [0.1, 0.15) is 129 Å². The van der Waals surface area contributed by atoms with Crippen molar-refractivity contribution in [1.29, 1.82) is 0 Å². The van der Waals surface area contributed by atoms with E-state index in [4.69, 9.17) is 18.9 Å². The van der Waals surface area contributed by atoms with Gasteiger partial charge < -0.3 is 39.4 Å². The van der Waals surface area contributed by atoms with Crippen LogP contribution in [0.2, 0.25) is 0 Å². The van der Waals surface area contributed by atoms with Crippen LogP contribution in [-0.4, -0.2) is 89.0 Å². The number of carbonyl (C=O) groups is 2. The lowest BCUT2D eigenvalue weighted by molar-refractivity contribution is -0.305. The summed E-state index contributed by atoms with van der Waals surface area (Å²) in [5.41, 5.74) is 0. The van der Waals surface area contributed by atoms with Crippen molar-refractivity contribution < 1.29 is 49.0 Å². The third kappa shape index (κ3) is 30.1. The molecule has 0 bridgehead atoms. The number of ether oxygens (including phenoxy) is 4. The van der Waals surface area contributed by atoms with Gasteiger partial charge in [-0.15, -0.1) is 0 Å². The fraction of sp³-hybridized carbons (Fsp3) is 0.592. The first-order chi connectivity index (χ1) is 28.8. The van der Waals surface area contributed by atoms with E-state index in [-0.39, 0.29) is 26.1 Å². The van der Waals surface area contributed by atoms with Gasteiger partial charge in [0, 0.05) is 12.8 Å². The summed E-state index contributed by atoms with van der Waals surface area (Å²) in [6.07, 6.45) is 45.3. The molecule has 1 fully saturated rings. The monoisotopic (exact) mass is 825 g/mol. The summed E-state index contributed by atoms with van der Waals surface area (Å²) in [5, 5.41) is 40.1. The smallest absolute Gasteiger partial charge is 0.306 e. The highest BCUT2D eigenvalue weighted by molar-refractivity contribution is 5.70. The van der Waals surface area contributed by atoms with E-state index in [1.165, 1.54) is 0 Å². The second-order valence-corrected chi connectivity index (χ2v) is 14.4. The van der Waals surface area contributed by atoms with Gasteiger partial charge in [0.2, 0.25) is 0 Å². The molecule has 1 rings (SSSR count). The Morgan fingerprint density at radius 1 is 0.525 bits per heavy atom. The van der Waals surface area contributed by atoms with Gasteiger partial charge >= 0.3 is 11.9 Å². The molecule has 6 atom stereocenters. The summed E-state index contributed by atoms with van der Waals surface area (Å²) in [5.74, 6) is -0.938. The average molecular weight is 825 g/mol. The molecule has 2 unspecified atom stereocenters. The number of aliphatic hydroxyl groups excluding tert-OH is 4. The molecule has 0 spiro atoms. The molecule has 4 N–H and O–H groups in total. The van der Waals surface area contributed by atoms with Crippen molar-refractivity contribution in [2.45, 2.75) is 166 Å². The second-order valence-electron chi connectivity index (χ2n) is 14.4. The lowest BCUT2D eigenvalue weighted by Gasteiger charge is -2.39. The highest BCUT2D eigenvalue weighted by Crippen LogP contribution is 2.22. The highest BCUT2D eigenvalue weighted by atomic mass is 16.7. The Hall–Kier alpha value is -3.64. The van der Waals surface area contributed by atoms with E-state index in [1.807, 2.05) is 12.2 Å². The molecule has 0 aromatic rings. The van der Waals surface area contributed by atoms with Crippen molar-refractivity contribution >= 4 is 11.9 Å². The van der Waals surface area contributed by atoms with Crippen LogP contribution in [-0.2, 0) is 28.5 Å². The Kier molecular flexibility index (Phi) is 34.9. The van der Waals surface area contributed by atoms with Gasteiger partial charge in [0.25, 0.3) is 0 Å². The molecule has 1 heterocycles. The van der Waals surface area contributed by atoms with Crippen molar-refractivity contribution in [2.75, 3.05) is 19.8 Å². The van der Waals surface area contributed by atoms with E-state index in [2.05, 4.69) is 111 Å². The minimum atomic E-state index is -1.62. The standard InChI is InChI=1S/C49H76O10/c1-3-5-7-9-11-13-15-17-19-20-21-22-24-25-27-29-31-33-35-37-44(51)56-40-42(41-57-49-48(55)47(54)46(53)43(39-50)59-49)58-45(52)38-36-34-32-30-28-26-23-18-16-14-12-10-8-6-4-2/h5-8,11-14,17-19,21-23,25,27,31,33,42-43,46-50,53-55H,3-4,9-10,15-16,20,24,26,28-30,32,34-41H2,1-2H3/b7-5+,8-6+,13-11+,14-12+,19-17+,22-21+,23-18+,27-25+,33-31+/t42-,43-,46+,47?,48?,49-/m0/s1. The van der Waals surface area contributed by atoms with E-state index in [0.717, 1.165) is 89.9 Å². The SMILES string of the molecule is CC/C=C/C/C=C/C/C=C/C/C=C/C/C=C/C/C=C/CCC(=O)OC[C@@H](CO[C@H]1O[C@@H](CO)[C@@H](O)C(O)C1O)OC(=O)CCCCCCC/C=C/C/C=C/C/C=C/CC. The van der Waals surface area contributed by atoms with Gasteiger partial charge in [-0.05, 0) is 83.5 Å². The fourth-order valence-corrected chi connectivity index (χ4v) is 5.76. The maximum atomic E-state index is 12.8. The molecule has 0 radical (unpaired) electrons. The number of hydrogen-bond acceptors (Lipinski definition) is 10. The molecule has 0 aromatic carbocycles. The normalized spacial score (nSPS) is 21.1. The third-order valence-electron chi connectivity index (χ3n) is 9.17. The van der Waals surface area contributed by atoms with Gasteiger partial charge in [-0.1, -0.05) is 142 Å². The zero-order chi connectivity index (χ0) is 43.0. The van der Waals surface area contributed by atoms with Crippen molar-refractivity contribution in [3.63, 3.8) is 0 Å². The van der Waals surface area contributed by atoms with Gasteiger partial charge in [-0.25, -0.2) is 0 Å². The van der Waals surface area contributed by atoms with Crippen molar-refractivity contribution in [3.8, 4) is 0 Å². The highest BCUT2D eigenvalue weighted by Gasteiger charge is 2.44. The molecule has 10 nitrogen and oxygen atoms in total. The molecule has 1 saturated heterocycles. The third-order valence-corrected chi connectivity index (χ3v) is 9.17. The first kappa shape index (κ1) is 53.4. The van der Waals surface area contributed by atoms with Crippen LogP contribution in [0.5, 0.6) is 0 Å². The first-order valence-corrected chi connectivity index (χ1v) is 22.0. The first-order valence-electron chi connectivity index (χ1n) is 22.0. The maximum absolute atomic E-state index is 12.8. The number of aliphatic hydroxyl groups is 4.